The number of guanidine groups is 1. The van der Waals surface area contributed by atoms with E-state index in [9.17, 15) is 0 Å². The molecule has 0 saturated heterocycles. The van der Waals surface area contributed by atoms with Crippen LogP contribution in [0.5, 0.6) is 11.5 Å². The number of nitriles is 1. The average molecular weight is 483 g/mol. The fraction of sp³-hybridized carbons (Fsp3) is 0.481. The van der Waals surface area contributed by atoms with Crippen molar-refractivity contribution < 1.29 is 18.9 Å². The summed E-state index contributed by atoms with van der Waals surface area (Å²) in [4.78, 5) is 4.33. The van der Waals surface area contributed by atoms with Crippen LogP contribution in [0.2, 0.25) is 0 Å². The van der Waals surface area contributed by atoms with E-state index in [-0.39, 0.29) is 12.5 Å². The number of nitrogens with zero attached hydrogens (tertiary/aromatic N) is 2. The first-order valence-electron chi connectivity index (χ1n) is 11.9. The summed E-state index contributed by atoms with van der Waals surface area (Å²) in [6, 6.07) is 16.5. The Balaban J connectivity index is 1.86. The van der Waals surface area contributed by atoms with Gasteiger partial charge in [0.1, 0.15) is 0 Å². The Hall–Kier alpha value is -3.28. The maximum absolute atomic E-state index is 9.01. The van der Waals surface area contributed by atoms with E-state index in [1.165, 1.54) is 5.56 Å². The zero-order valence-electron chi connectivity index (χ0n) is 21.3. The second kappa shape index (κ2) is 16.4. The van der Waals surface area contributed by atoms with Crippen molar-refractivity contribution in [2.45, 2.75) is 44.8 Å². The molecule has 0 radical (unpaired) electrons. The number of hydrogen-bond donors (Lipinski definition) is 2. The van der Waals surface area contributed by atoms with Gasteiger partial charge in [0, 0.05) is 20.8 Å². The summed E-state index contributed by atoms with van der Waals surface area (Å²) >= 11 is 0. The summed E-state index contributed by atoms with van der Waals surface area (Å²) < 4.78 is 21.8. The standard InChI is InChI=1S/C27H38N4O4/c1-21(18-29-27(31-20-28)30-19-26(33-3)34-4)23-14-15-24(32-2)25(17-23)35-16-10-6-9-13-22-11-7-5-8-12-22/h5,7-8,11-12,14-15,17,21,26H,6,9-10,13,16,18-19H2,1-4H3,(H2,29,30,31). The summed E-state index contributed by atoms with van der Waals surface area (Å²) in [6.45, 7) is 3.58. The summed E-state index contributed by atoms with van der Waals surface area (Å²) in [5, 5.41) is 14.8. The number of hydrogen-bond acceptors (Lipinski definition) is 6. The lowest BCUT2D eigenvalue weighted by atomic mass is 10.0. The molecule has 0 spiro atoms. The highest BCUT2D eigenvalue weighted by Gasteiger charge is 2.12. The molecule has 8 nitrogen and oxygen atoms in total. The van der Waals surface area contributed by atoms with Crippen LogP contribution in [-0.4, -0.2) is 53.3 Å². The maximum Gasteiger partial charge on any atom is 0.204 e. The van der Waals surface area contributed by atoms with Crippen LogP contribution in [0.25, 0.3) is 0 Å². The Morgan fingerprint density at radius 1 is 1.00 bits per heavy atom. The number of methoxy groups -OCH3 is 3. The molecule has 190 valence electrons. The molecular formula is C27H38N4O4. The van der Waals surface area contributed by atoms with Crippen molar-refractivity contribution in [2.75, 3.05) is 41.0 Å². The predicted octanol–water partition coefficient (Wildman–Crippen LogP) is 4.23. The molecule has 0 saturated carbocycles. The minimum Gasteiger partial charge on any atom is -0.493 e. The first kappa shape index (κ1) is 28.0. The molecule has 2 aromatic carbocycles. The lowest BCUT2D eigenvalue weighted by Gasteiger charge is -2.18. The zero-order valence-corrected chi connectivity index (χ0v) is 21.3. The fourth-order valence-electron chi connectivity index (χ4n) is 3.52. The van der Waals surface area contributed by atoms with Gasteiger partial charge in [0.25, 0.3) is 0 Å². The van der Waals surface area contributed by atoms with Crippen LogP contribution in [-0.2, 0) is 15.9 Å². The Labute approximate surface area is 209 Å². The molecule has 0 aliphatic rings. The first-order chi connectivity index (χ1) is 17.1. The molecule has 0 aliphatic heterocycles. The number of unbranched alkanes of at least 4 members (excludes halogenated alkanes) is 2. The molecule has 2 aromatic rings. The summed E-state index contributed by atoms with van der Waals surface area (Å²) in [7, 11) is 4.74. The molecular weight excluding hydrogens is 444 g/mol. The monoisotopic (exact) mass is 482 g/mol. The van der Waals surface area contributed by atoms with Crippen molar-refractivity contribution in [3.8, 4) is 17.7 Å². The lowest BCUT2D eigenvalue weighted by Crippen LogP contribution is -2.37. The van der Waals surface area contributed by atoms with Gasteiger partial charge in [-0.05, 0) is 54.9 Å². The Morgan fingerprint density at radius 2 is 1.77 bits per heavy atom. The third-order valence-corrected chi connectivity index (χ3v) is 5.64. The van der Waals surface area contributed by atoms with Crippen molar-refractivity contribution in [3.05, 3.63) is 59.7 Å². The second-order valence-electron chi connectivity index (χ2n) is 8.16. The van der Waals surface area contributed by atoms with Crippen LogP contribution in [0.1, 0.15) is 43.2 Å². The van der Waals surface area contributed by atoms with E-state index in [1.807, 2.05) is 30.5 Å². The molecule has 35 heavy (non-hydrogen) atoms. The van der Waals surface area contributed by atoms with Crippen molar-refractivity contribution in [1.82, 2.24) is 10.6 Å². The van der Waals surface area contributed by atoms with Crippen LogP contribution in [0.3, 0.4) is 0 Å². The molecule has 8 heteroatoms. The molecule has 1 atom stereocenters. The molecule has 2 N–H and O–H groups in total. The van der Waals surface area contributed by atoms with E-state index in [1.54, 1.807) is 21.3 Å². The van der Waals surface area contributed by atoms with Gasteiger partial charge in [0.05, 0.1) is 20.3 Å². The van der Waals surface area contributed by atoms with Gasteiger partial charge in [0.15, 0.2) is 24.0 Å². The summed E-state index contributed by atoms with van der Waals surface area (Å²) in [5.74, 6) is 1.98. The van der Waals surface area contributed by atoms with Gasteiger partial charge in [-0.1, -0.05) is 43.3 Å². The van der Waals surface area contributed by atoms with Gasteiger partial charge >= 0.3 is 0 Å². The number of rotatable bonds is 15. The normalized spacial score (nSPS) is 12.2. The van der Waals surface area contributed by atoms with E-state index < -0.39 is 6.29 Å². The van der Waals surface area contributed by atoms with Crippen LogP contribution < -0.4 is 20.1 Å². The second-order valence-corrected chi connectivity index (χ2v) is 8.16. The SMILES string of the molecule is COc1ccc(C(C)CNC(=NCC(OC)OC)NC#N)cc1OCCCCCc1ccccc1. The smallest absolute Gasteiger partial charge is 0.204 e. The van der Waals surface area contributed by atoms with Crippen LogP contribution in [0, 0.1) is 11.5 Å². The Kier molecular flexibility index (Phi) is 13.1. The first-order valence-corrected chi connectivity index (χ1v) is 11.9. The van der Waals surface area contributed by atoms with Crippen LogP contribution in [0.15, 0.2) is 53.5 Å². The Bertz CT molecular complexity index is 927. The van der Waals surface area contributed by atoms with Crippen molar-refractivity contribution in [2.24, 2.45) is 4.99 Å². The van der Waals surface area contributed by atoms with E-state index in [0.717, 1.165) is 42.7 Å². The quantitative estimate of drug-likeness (QED) is 0.0979. The predicted molar refractivity (Wildman–Crippen MR) is 138 cm³/mol. The number of aliphatic imine (C=N–C) groups is 1. The Morgan fingerprint density at radius 3 is 2.46 bits per heavy atom. The largest absolute Gasteiger partial charge is 0.493 e. The summed E-state index contributed by atoms with van der Waals surface area (Å²) in [5.41, 5.74) is 2.47. The van der Waals surface area contributed by atoms with Gasteiger partial charge in [-0.15, -0.1) is 0 Å². The van der Waals surface area contributed by atoms with Gasteiger partial charge in [-0.25, -0.2) is 4.99 Å². The molecule has 0 bridgehead atoms. The molecule has 0 amide bonds. The number of nitrogens with one attached hydrogen (secondary N) is 2. The van der Waals surface area contributed by atoms with Gasteiger partial charge < -0.3 is 24.3 Å². The molecule has 0 aliphatic carbocycles. The summed E-state index contributed by atoms with van der Waals surface area (Å²) in [6.07, 6.45) is 5.76. The van der Waals surface area contributed by atoms with Gasteiger partial charge in [-0.2, -0.15) is 5.26 Å². The molecule has 2 rings (SSSR count). The highest BCUT2D eigenvalue weighted by Crippen LogP contribution is 2.31. The van der Waals surface area contributed by atoms with Crippen molar-refractivity contribution >= 4 is 5.96 Å². The molecule has 0 aromatic heterocycles. The van der Waals surface area contributed by atoms with Gasteiger partial charge in [0.2, 0.25) is 5.96 Å². The number of benzene rings is 2. The highest BCUT2D eigenvalue weighted by molar-refractivity contribution is 5.81. The third-order valence-electron chi connectivity index (χ3n) is 5.64. The highest BCUT2D eigenvalue weighted by atomic mass is 16.7. The zero-order chi connectivity index (χ0) is 25.3. The molecule has 1 unspecified atom stereocenters. The van der Waals surface area contributed by atoms with Crippen molar-refractivity contribution in [1.29, 1.82) is 5.26 Å². The van der Waals surface area contributed by atoms with Crippen LogP contribution in [0.4, 0.5) is 0 Å². The molecule has 0 heterocycles. The number of aryl methyl sites for hydroxylation is 1. The topological polar surface area (TPSA) is 97.1 Å². The van der Waals surface area contributed by atoms with Crippen LogP contribution >= 0.6 is 0 Å². The van der Waals surface area contributed by atoms with E-state index in [2.05, 4.69) is 46.8 Å². The van der Waals surface area contributed by atoms with E-state index in [0.29, 0.717) is 19.1 Å². The van der Waals surface area contributed by atoms with E-state index >= 15 is 0 Å². The molecule has 0 fully saturated rings. The van der Waals surface area contributed by atoms with E-state index in [4.69, 9.17) is 24.2 Å². The lowest BCUT2D eigenvalue weighted by molar-refractivity contribution is -0.0937. The third kappa shape index (κ3) is 10.3. The van der Waals surface area contributed by atoms with Gasteiger partial charge in [-0.3, -0.25) is 5.32 Å². The maximum atomic E-state index is 9.01. The van der Waals surface area contributed by atoms with Crippen molar-refractivity contribution in [3.63, 3.8) is 0 Å². The minimum atomic E-state index is -0.468. The minimum absolute atomic E-state index is 0.139. The number of ether oxygens (including phenoxy) is 4. The fourth-order valence-corrected chi connectivity index (χ4v) is 3.52. The average Bonchev–Trinajstić information content (AvgIpc) is 2.90.